The molecule has 3 rings (SSSR count). The zero-order valence-corrected chi connectivity index (χ0v) is 16.5. The molecule has 0 aliphatic rings. The SMILES string of the molecule is COc1c(OC)c(OC)c(-c2cc(=O)c3c(O)cc(O)cc3o2)c(OC)c1OC. The third kappa shape index (κ3) is 3.10. The van der Waals surface area contributed by atoms with Gasteiger partial charge in [0.25, 0.3) is 0 Å². The number of phenolic OH excluding ortho intramolecular Hbond substituents is 2. The Kier molecular flexibility index (Phi) is 5.31. The van der Waals surface area contributed by atoms with Crippen LogP contribution in [0.4, 0.5) is 0 Å². The Hall–Kier alpha value is -3.75. The normalized spacial score (nSPS) is 10.7. The maximum Gasteiger partial charge on any atom is 0.211 e. The van der Waals surface area contributed by atoms with Crippen molar-refractivity contribution in [3.63, 3.8) is 0 Å². The number of phenols is 2. The van der Waals surface area contributed by atoms with Crippen LogP contribution in [0.1, 0.15) is 0 Å². The van der Waals surface area contributed by atoms with Crippen LogP contribution < -0.4 is 29.1 Å². The number of methoxy groups -OCH3 is 5. The van der Waals surface area contributed by atoms with E-state index in [1.807, 2.05) is 0 Å². The van der Waals surface area contributed by atoms with Crippen LogP contribution in [0.3, 0.4) is 0 Å². The highest BCUT2D eigenvalue weighted by Crippen LogP contribution is 2.57. The molecule has 2 aromatic carbocycles. The molecule has 0 fully saturated rings. The summed E-state index contributed by atoms with van der Waals surface area (Å²) in [6, 6.07) is 3.45. The van der Waals surface area contributed by atoms with E-state index in [4.69, 9.17) is 28.1 Å². The van der Waals surface area contributed by atoms with Gasteiger partial charge in [-0.1, -0.05) is 0 Å². The van der Waals surface area contributed by atoms with Crippen molar-refractivity contribution in [3.8, 4) is 51.6 Å². The van der Waals surface area contributed by atoms with Crippen LogP contribution in [-0.2, 0) is 0 Å². The quantitative estimate of drug-likeness (QED) is 0.639. The van der Waals surface area contributed by atoms with Gasteiger partial charge in [0.1, 0.15) is 33.8 Å². The largest absolute Gasteiger partial charge is 0.508 e. The lowest BCUT2D eigenvalue weighted by atomic mass is 10.1. The van der Waals surface area contributed by atoms with Gasteiger partial charge in [0.15, 0.2) is 16.9 Å². The molecule has 9 heteroatoms. The van der Waals surface area contributed by atoms with E-state index in [-0.39, 0.29) is 56.8 Å². The fraction of sp³-hybridized carbons (Fsp3) is 0.250. The molecule has 3 aromatic rings. The summed E-state index contributed by atoms with van der Waals surface area (Å²) in [5.74, 6) is 0.352. The third-order valence-electron chi connectivity index (χ3n) is 4.34. The average Bonchev–Trinajstić information content (AvgIpc) is 2.70. The number of rotatable bonds is 6. The minimum atomic E-state index is -0.531. The monoisotopic (exact) mass is 404 g/mol. The van der Waals surface area contributed by atoms with Crippen molar-refractivity contribution < 1.29 is 38.3 Å². The first-order valence-corrected chi connectivity index (χ1v) is 8.35. The van der Waals surface area contributed by atoms with Gasteiger partial charge in [-0.05, 0) is 0 Å². The Labute approximate surface area is 165 Å². The Balaban J connectivity index is 2.49. The third-order valence-corrected chi connectivity index (χ3v) is 4.34. The standard InChI is InChI=1S/C20H20O9/c1-24-16-15(17(25-2)19(27-4)20(28-5)18(16)26-3)13-8-11(23)14-10(22)6-9(21)7-12(14)29-13/h6-8,21-22H,1-5H3. The number of hydrogen-bond donors (Lipinski definition) is 2. The van der Waals surface area contributed by atoms with E-state index < -0.39 is 11.2 Å². The van der Waals surface area contributed by atoms with Gasteiger partial charge in [0.2, 0.25) is 17.2 Å². The molecular formula is C20H20O9. The summed E-state index contributed by atoms with van der Waals surface area (Å²) in [6.07, 6.45) is 0. The van der Waals surface area contributed by atoms with E-state index in [0.29, 0.717) is 0 Å². The van der Waals surface area contributed by atoms with Gasteiger partial charge < -0.3 is 38.3 Å². The summed E-state index contributed by atoms with van der Waals surface area (Å²) < 4.78 is 33.1. The second-order valence-corrected chi connectivity index (χ2v) is 5.85. The second-order valence-electron chi connectivity index (χ2n) is 5.85. The molecule has 0 saturated heterocycles. The van der Waals surface area contributed by atoms with Gasteiger partial charge in [-0.2, -0.15) is 0 Å². The van der Waals surface area contributed by atoms with Crippen molar-refractivity contribution in [2.24, 2.45) is 0 Å². The topological polar surface area (TPSA) is 117 Å². The van der Waals surface area contributed by atoms with Gasteiger partial charge >= 0.3 is 0 Å². The lowest BCUT2D eigenvalue weighted by Crippen LogP contribution is -2.05. The average molecular weight is 404 g/mol. The summed E-state index contributed by atoms with van der Waals surface area (Å²) in [5.41, 5.74) is -0.328. The molecule has 0 aliphatic carbocycles. The van der Waals surface area contributed by atoms with Crippen LogP contribution in [0.2, 0.25) is 0 Å². The first kappa shape index (κ1) is 20.0. The Bertz CT molecular complexity index is 1100. The molecule has 0 saturated carbocycles. The van der Waals surface area contributed by atoms with E-state index in [1.54, 1.807) is 0 Å². The minimum Gasteiger partial charge on any atom is -0.508 e. The number of hydrogen-bond acceptors (Lipinski definition) is 9. The summed E-state index contributed by atoms with van der Waals surface area (Å²) in [4.78, 5) is 12.7. The summed E-state index contributed by atoms with van der Waals surface area (Å²) in [5, 5.41) is 19.7. The molecule has 0 unspecified atom stereocenters. The van der Waals surface area contributed by atoms with Gasteiger partial charge in [-0.3, -0.25) is 4.79 Å². The molecular weight excluding hydrogens is 384 g/mol. The molecule has 1 aromatic heterocycles. The van der Waals surface area contributed by atoms with Gasteiger partial charge in [0.05, 0.1) is 35.5 Å². The highest BCUT2D eigenvalue weighted by atomic mass is 16.6. The highest BCUT2D eigenvalue weighted by molar-refractivity contribution is 5.89. The van der Waals surface area contributed by atoms with E-state index in [0.717, 1.165) is 6.07 Å². The van der Waals surface area contributed by atoms with Crippen molar-refractivity contribution in [1.29, 1.82) is 0 Å². The van der Waals surface area contributed by atoms with Crippen molar-refractivity contribution in [3.05, 3.63) is 28.4 Å². The number of benzene rings is 2. The molecule has 0 spiro atoms. The lowest BCUT2D eigenvalue weighted by Gasteiger charge is -2.21. The van der Waals surface area contributed by atoms with E-state index in [9.17, 15) is 15.0 Å². The van der Waals surface area contributed by atoms with Gasteiger partial charge in [0, 0.05) is 18.2 Å². The minimum absolute atomic E-state index is 0.0251. The summed E-state index contributed by atoms with van der Waals surface area (Å²) in [6.45, 7) is 0. The summed E-state index contributed by atoms with van der Waals surface area (Å²) in [7, 11) is 7.08. The first-order chi connectivity index (χ1) is 13.9. The molecule has 0 radical (unpaired) electrons. The highest BCUT2D eigenvalue weighted by Gasteiger charge is 2.31. The molecule has 0 amide bonds. The zero-order valence-electron chi connectivity index (χ0n) is 16.5. The fourth-order valence-electron chi connectivity index (χ4n) is 3.19. The smallest absolute Gasteiger partial charge is 0.211 e. The van der Waals surface area contributed by atoms with E-state index in [1.165, 1.54) is 47.7 Å². The van der Waals surface area contributed by atoms with Crippen LogP contribution in [-0.4, -0.2) is 45.8 Å². The van der Waals surface area contributed by atoms with Crippen LogP contribution in [0.5, 0.6) is 40.2 Å². The van der Waals surface area contributed by atoms with E-state index in [2.05, 4.69) is 0 Å². The molecule has 1 heterocycles. The number of aromatic hydroxyl groups is 2. The van der Waals surface area contributed by atoms with Crippen LogP contribution in [0, 0.1) is 0 Å². The maximum absolute atomic E-state index is 12.7. The molecule has 2 N–H and O–H groups in total. The molecule has 29 heavy (non-hydrogen) atoms. The molecule has 0 bridgehead atoms. The van der Waals surface area contributed by atoms with Gasteiger partial charge in [-0.15, -0.1) is 0 Å². The summed E-state index contributed by atoms with van der Waals surface area (Å²) >= 11 is 0. The van der Waals surface area contributed by atoms with E-state index >= 15 is 0 Å². The first-order valence-electron chi connectivity index (χ1n) is 8.35. The second kappa shape index (κ2) is 7.70. The Morgan fingerprint density at radius 3 is 1.69 bits per heavy atom. The van der Waals surface area contributed by atoms with Crippen LogP contribution in [0.15, 0.2) is 27.4 Å². The maximum atomic E-state index is 12.7. The Morgan fingerprint density at radius 2 is 1.21 bits per heavy atom. The fourth-order valence-corrected chi connectivity index (χ4v) is 3.19. The predicted octanol–water partition coefficient (Wildman–Crippen LogP) is 2.91. The van der Waals surface area contributed by atoms with Crippen LogP contribution >= 0.6 is 0 Å². The Morgan fingerprint density at radius 1 is 0.724 bits per heavy atom. The molecule has 9 nitrogen and oxygen atoms in total. The molecule has 0 aliphatic heterocycles. The van der Waals surface area contributed by atoms with Crippen molar-refractivity contribution >= 4 is 11.0 Å². The van der Waals surface area contributed by atoms with Gasteiger partial charge in [-0.25, -0.2) is 0 Å². The number of fused-ring (bicyclic) bond motifs is 1. The predicted molar refractivity (Wildman–Crippen MR) is 104 cm³/mol. The molecule has 0 atom stereocenters. The van der Waals surface area contributed by atoms with Crippen LogP contribution in [0.25, 0.3) is 22.3 Å². The lowest BCUT2D eigenvalue weighted by molar-refractivity contribution is 0.291. The van der Waals surface area contributed by atoms with Crippen molar-refractivity contribution in [2.75, 3.05) is 35.5 Å². The molecule has 154 valence electrons. The zero-order chi connectivity index (χ0) is 21.3. The number of ether oxygens (including phenoxy) is 5. The van der Waals surface area contributed by atoms with Crippen molar-refractivity contribution in [2.45, 2.75) is 0 Å². The van der Waals surface area contributed by atoms with Crippen molar-refractivity contribution in [1.82, 2.24) is 0 Å².